The molecule has 1 heterocycles. The second kappa shape index (κ2) is 7.79. The van der Waals surface area contributed by atoms with Crippen molar-refractivity contribution in [3.8, 4) is 17.0 Å². The number of aldehydes is 1. The van der Waals surface area contributed by atoms with Crippen LogP contribution in [0, 0.1) is 5.92 Å². The Morgan fingerprint density at radius 2 is 1.80 bits per heavy atom. The lowest BCUT2D eigenvalue weighted by Crippen LogP contribution is -2.04. The lowest BCUT2D eigenvalue weighted by Gasteiger charge is -2.07. The van der Waals surface area contributed by atoms with Crippen molar-refractivity contribution in [3.05, 3.63) is 71.9 Å². The van der Waals surface area contributed by atoms with Gasteiger partial charge in [0, 0.05) is 18.3 Å². The van der Waals surface area contributed by atoms with Crippen LogP contribution in [0.2, 0.25) is 0 Å². The molecule has 4 nitrogen and oxygen atoms in total. The van der Waals surface area contributed by atoms with Crippen molar-refractivity contribution in [2.45, 2.75) is 27.0 Å². The summed E-state index contributed by atoms with van der Waals surface area (Å²) in [5.41, 5.74) is 3.36. The minimum Gasteiger partial charge on any atom is -0.489 e. The zero-order valence-corrected chi connectivity index (χ0v) is 14.6. The highest BCUT2D eigenvalue weighted by atomic mass is 16.5. The topological polar surface area (TPSA) is 44.1 Å². The molecule has 0 bridgehead atoms. The summed E-state index contributed by atoms with van der Waals surface area (Å²) in [6.07, 6.45) is 2.67. The molecule has 0 saturated carbocycles. The van der Waals surface area contributed by atoms with Crippen molar-refractivity contribution >= 4 is 6.29 Å². The maximum atomic E-state index is 11.3. The number of aromatic nitrogens is 2. The summed E-state index contributed by atoms with van der Waals surface area (Å²) in [7, 11) is 0. The van der Waals surface area contributed by atoms with Gasteiger partial charge in [0.1, 0.15) is 18.1 Å². The monoisotopic (exact) mass is 334 g/mol. The molecule has 0 radical (unpaired) electrons. The Hall–Kier alpha value is -2.88. The number of hydrogen-bond acceptors (Lipinski definition) is 3. The van der Waals surface area contributed by atoms with E-state index in [0.29, 0.717) is 23.8 Å². The second-order valence-corrected chi connectivity index (χ2v) is 6.47. The van der Waals surface area contributed by atoms with Gasteiger partial charge in [0.2, 0.25) is 0 Å². The highest BCUT2D eigenvalue weighted by Crippen LogP contribution is 2.24. The van der Waals surface area contributed by atoms with Gasteiger partial charge in [-0.3, -0.25) is 9.48 Å². The minimum absolute atomic E-state index is 0.473. The molecule has 0 aliphatic carbocycles. The summed E-state index contributed by atoms with van der Waals surface area (Å²) in [5, 5.41) is 4.56. The molecule has 1 aromatic heterocycles. The molecule has 3 rings (SSSR count). The minimum atomic E-state index is 0.473. The Labute approximate surface area is 148 Å². The molecule has 0 unspecified atom stereocenters. The molecule has 0 atom stereocenters. The number of carbonyl (C=O) groups is 1. The van der Waals surface area contributed by atoms with Crippen LogP contribution in [0.3, 0.4) is 0 Å². The van der Waals surface area contributed by atoms with Crippen LogP contribution in [0.15, 0.2) is 60.8 Å². The van der Waals surface area contributed by atoms with E-state index in [-0.39, 0.29) is 0 Å². The first-order valence-corrected chi connectivity index (χ1v) is 8.45. The quantitative estimate of drug-likeness (QED) is 0.593. The van der Waals surface area contributed by atoms with Crippen LogP contribution in [-0.2, 0) is 13.2 Å². The molecular formula is C21H22N2O2. The van der Waals surface area contributed by atoms with Crippen LogP contribution in [0.25, 0.3) is 11.3 Å². The molecule has 4 heteroatoms. The summed E-state index contributed by atoms with van der Waals surface area (Å²) in [5.74, 6) is 1.27. The van der Waals surface area contributed by atoms with Gasteiger partial charge < -0.3 is 4.74 Å². The molecule has 0 aliphatic rings. The van der Waals surface area contributed by atoms with E-state index >= 15 is 0 Å². The molecule has 0 amide bonds. The van der Waals surface area contributed by atoms with Crippen molar-refractivity contribution in [2.24, 2.45) is 5.92 Å². The predicted octanol–water partition coefficient (Wildman–Crippen LogP) is 4.60. The maximum Gasteiger partial charge on any atom is 0.153 e. The summed E-state index contributed by atoms with van der Waals surface area (Å²) < 4.78 is 7.64. The Morgan fingerprint density at radius 3 is 2.44 bits per heavy atom. The van der Waals surface area contributed by atoms with E-state index in [1.54, 1.807) is 0 Å². The SMILES string of the molecule is CC(C)Cn1cc(C=O)c(-c2ccc(OCc3ccccc3)cc2)n1. The lowest BCUT2D eigenvalue weighted by atomic mass is 10.1. The predicted molar refractivity (Wildman–Crippen MR) is 98.7 cm³/mol. The van der Waals surface area contributed by atoms with E-state index in [0.717, 1.165) is 29.7 Å². The average molecular weight is 334 g/mol. The lowest BCUT2D eigenvalue weighted by molar-refractivity contribution is 0.112. The van der Waals surface area contributed by atoms with Crippen LogP contribution in [-0.4, -0.2) is 16.1 Å². The first kappa shape index (κ1) is 17.0. The van der Waals surface area contributed by atoms with Crippen LogP contribution in [0.1, 0.15) is 29.8 Å². The normalized spacial score (nSPS) is 10.8. The Bertz CT molecular complexity index is 821. The average Bonchev–Trinajstić information content (AvgIpc) is 3.03. The van der Waals surface area contributed by atoms with Crippen LogP contribution in [0.5, 0.6) is 5.75 Å². The van der Waals surface area contributed by atoms with Crippen molar-refractivity contribution in [1.29, 1.82) is 0 Å². The molecule has 0 fully saturated rings. The molecule has 2 aromatic carbocycles. The van der Waals surface area contributed by atoms with Crippen molar-refractivity contribution < 1.29 is 9.53 Å². The molecule has 128 valence electrons. The van der Waals surface area contributed by atoms with Gasteiger partial charge in [-0.05, 0) is 35.7 Å². The van der Waals surface area contributed by atoms with Gasteiger partial charge in [0.15, 0.2) is 6.29 Å². The fraction of sp³-hybridized carbons (Fsp3) is 0.238. The first-order valence-electron chi connectivity index (χ1n) is 8.45. The second-order valence-electron chi connectivity index (χ2n) is 6.47. The summed E-state index contributed by atoms with van der Waals surface area (Å²) in [6, 6.07) is 17.7. The van der Waals surface area contributed by atoms with E-state index in [2.05, 4.69) is 18.9 Å². The smallest absolute Gasteiger partial charge is 0.153 e. The summed E-state index contributed by atoms with van der Waals surface area (Å²) in [6.45, 7) is 5.57. The third-order valence-corrected chi connectivity index (χ3v) is 3.85. The largest absolute Gasteiger partial charge is 0.489 e. The zero-order valence-electron chi connectivity index (χ0n) is 14.6. The van der Waals surface area contributed by atoms with E-state index in [1.807, 2.05) is 65.5 Å². The fourth-order valence-corrected chi connectivity index (χ4v) is 2.66. The Balaban J connectivity index is 1.73. The standard InChI is InChI=1S/C21H22N2O2/c1-16(2)12-23-13-19(14-24)21(22-23)18-8-10-20(11-9-18)25-15-17-6-4-3-5-7-17/h3-11,13-14,16H,12,15H2,1-2H3. The number of hydrogen-bond donors (Lipinski definition) is 0. The number of carbonyl (C=O) groups excluding carboxylic acids is 1. The molecule has 25 heavy (non-hydrogen) atoms. The summed E-state index contributed by atoms with van der Waals surface area (Å²) in [4.78, 5) is 11.3. The fourth-order valence-electron chi connectivity index (χ4n) is 2.66. The number of benzene rings is 2. The third-order valence-electron chi connectivity index (χ3n) is 3.85. The number of nitrogens with zero attached hydrogens (tertiary/aromatic N) is 2. The summed E-state index contributed by atoms with van der Waals surface area (Å²) >= 11 is 0. The van der Waals surface area contributed by atoms with Crippen LogP contribution >= 0.6 is 0 Å². The van der Waals surface area contributed by atoms with Crippen molar-refractivity contribution in [1.82, 2.24) is 9.78 Å². The highest BCUT2D eigenvalue weighted by Gasteiger charge is 2.11. The van der Waals surface area contributed by atoms with Gasteiger partial charge in [-0.25, -0.2) is 0 Å². The van der Waals surface area contributed by atoms with Crippen molar-refractivity contribution in [2.75, 3.05) is 0 Å². The van der Waals surface area contributed by atoms with Gasteiger partial charge in [-0.2, -0.15) is 5.10 Å². The van der Waals surface area contributed by atoms with Crippen LogP contribution in [0.4, 0.5) is 0 Å². The van der Waals surface area contributed by atoms with Gasteiger partial charge in [0.25, 0.3) is 0 Å². The molecule has 0 spiro atoms. The molecular weight excluding hydrogens is 312 g/mol. The first-order chi connectivity index (χ1) is 12.2. The third kappa shape index (κ3) is 4.35. The van der Waals surface area contributed by atoms with E-state index in [1.165, 1.54) is 0 Å². The zero-order chi connectivity index (χ0) is 17.6. The van der Waals surface area contributed by atoms with Gasteiger partial charge in [0.05, 0.1) is 5.56 Å². The Kier molecular flexibility index (Phi) is 5.29. The molecule has 0 aliphatic heterocycles. The van der Waals surface area contributed by atoms with Gasteiger partial charge in [-0.15, -0.1) is 0 Å². The van der Waals surface area contributed by atoms with E-state index in [4.69, 9.17) is 4.74 Å². The highest BCUT2D eigenvalue weighted by molar-refractivity contribution is 5.85. The van der Waals surface area contributed by atoms with E-state index in [9.17, 15) is 4.79 Å². The Morgan fingerprint density at radius 1 is 1.08 bits per heavy atom. The number of ether oxygens (including phenoxy) is 1. The molecule has 0 saturated heterocycles. The molecule has 3 aromatic rings. The number of rotatable bonds is 7. The maximum absolute atomic E-state index is 11.3. The molecule has 0 N–H and O–H groups in total. The van der Waals surface area contributed by atoms with Gasteiger partial charge >= 0.3 is 0 Å². The van der Waals surface area contributed by atoms with Gasteiger partial charge in [-0.1, -0.05) is 44.2 Å². The van der Waals surface area contributed by atoms with Crippen molar-refractivity contribution in [3.63, 3.8) is 0 Å². The van der Waals surface area contributed by atoms with Crippen LogP contribution < -0.4 is 4.74 Å². The van der Waals surface area contributed by atoms with E-state index < -0.39 is 0 Å².